The van der Waals surface area contributed by atoms with E-state index >= 15 is 0 Å². The third-order valence-electron chi connectivity index (χ3n) is 3.86. The molecule has 0 atom stereocenters. The number of thiophene rings is 1. The first kappa shape index (κ1) is 15.3. The van der Waals surface area contributed by atoms with E-state index in [2.05, 4.69) is 39.6 Å². The number of hydrogen-bond donors (Lipinski definition) is 1. The van der Waals surface area contributed by atoms with Gasteiger partial charge in [0.25, 0.3) is 0 Å². The normalized spacial score (nSPS) is 10.6. The Labute approximate surface area is 149 Å². The molecule has 0 radical (unpaired) electrons. The van der Waals surface area contributed by atoms with Gasteiger partial charge in [-0.25, -0.2) is 9.97 Å². The number of rotatable bonds is 3. The van der Waals surface area contributed by atoms with Crippen LogP contribution in [0.2, 0.25) is 0 Å². The lowest BCUT2D eigenvalue weighted by atomic mass is 10.1. The number of fused-ring (bicyclic) bond motifs is 1. The van der Waals surface area contributed by atoms with Crippen LogP contribution in [0, 0.1) is 18.3 Å². The van der Waals surface area contributed by atoms with Crippen LogP contribution in [-0.2, 0) is 0 Å². The highest BCUT2D eigenvalue weighted by Crippen LogP contribution is 2.36. The van der Waals surface area contributed by atoms with Crippen LogP contribution in [-0.4, -0.2) is 9.97 Å². The lowest BCUT2D eigenvalue weighted by Gasteiger charge is -2.08. The van der Waals surface area contributed by atoms with Crippen molar-refractivity contribution in [2.45, 2.75) is 6.92 Å². The van der Waals surface area contributed by atoms with Gasteiger partial charge in [-0.15, -0.1) is 11.3 Å². The summed E-state index contributed by atoms with van der Waals surface area (Å²) in [5.41, 5.74) is 2.49. The third-order valence-corrected chi connectivity index (χ3v) is 4.94. The molecule has 0 amide bonds. The summed E-state index contributed by atoms with van der Waals surface area (Å²) in [5, 5.41) is 13.6. The van der Waals surface area contributed by atoms with Gasteiger partial charge in [0.2, 0.25) is 0 Å². The van der Waals surface area contributed by atoms with Gasteiger partial charge >= 0.3 is 0 Å². The van der Waals surface area contributed by atoms with Gasteiger partial charge in [0.05, 0.1) is 16.6 Å². The predicted molar refractivity (Wildman–Crippen MR) is 102 cm³/mol. The van der Waals surface area contributed by atoms with Crippen LogP contribution in [0.1, 0.15) is 11.4 Å². The summed E-state index contributed by atoms with van der Waals surface area (Å²) in [5.74, 6) is 1.43. The third kappa shape index (κ3) is 2.95. The molecule has 0 aliphatic heterocycles. The predicted octanol–water partition coefficient (Wildman–Crippen LogP) is 5.28. The van der Waals surface area contributed by atoms with E-state index in [0.29, 0.717) is 11.4 Å². The Morgan fingerprint density at radius 3 is 2.56 bits per heavy atom. The Bertz CT molecular complexity index is 1090. The average Bonchev–Trinajstić information content (AvgIpc) is 3.07. The fraction of sp³-hybridized carbons (Fsp3) is 0.0500. The average molecular weight is 342 g/mol. The Balaban J connectivity index is 1.84. The van der Waals surface area contributed by atoms with Crippen molar-refractivity contribution in [2.75, 3.05) is 5.32 Å². The number of nitrogens with zero attached hydrogens (tertiary/aromatic N) is 3. The van der Waals surface area contributed by atoms with Crippen molar-refractivity contribution in [2.24, 2.45) is 0 Å². The van der Waals surface area contributed by atoms with Gasteiger partial charge in [-0.1, -0.05) is 42.5 Å². The summed E-state index contributed by atoms with van der Waals surface area (Å²) in [6.07, 6.45) is 0. The summed E-state index contributed by atoms with van der Waals surface area (Å²) in [6, 6.07) is 22.0. The number of para-hydroxylation sites is 1. The summed E-state index contributed by atoms with van der Waals surface area (Å²) in [7, 11) is 0. The molecular formula is C20H14N4S. The molecule has 25 heavy (non-hydrogen) atoms. The molecule has 0 bridgehead atoms. The van der Waals surface area contributed by atoms with Gasteiger partial charge in [-0.2, -0.15) is 5.26 Å². The zero-order valence-electron chi connectivity index (χ0n) is 13.5. The molecule has 4 rings (SSSR count). The highest BCUT2D eigenvalue weighted by Gasteiger charge is 2.13. The Hall–Kier alpha value is -3.23. The molecule has 4 aromatic rings. The Morgan fingerprint density at radius 2 is 1.76 bits per heavy atom. The van der Waals surface area contributed by atoms with Gasteiger partial charge in [-0.3, -0.25) is 0 Å². The van der Waals surface area contributed by atoms with Crippen LogP contribution in [0.5, 0.6) is 0 Å². The van der Waals surface area contributed by atoms with E-state index in [9.17, 15) is 5.26 Å². The van der Waals surface area contributed by atoms with Gasteiger partial charge in [-0.05, 0) is 30.7 Å². The van der Waals surface area contributed by atoms with Crippen molar-refractivity contribution in [3.8, 4) is 16.5 Å². The number of hydrogen-bond acceptors (Lipinski definition) is 5. The lowest BCUT2D eigenvalue weighted by Crippen LogP contribution is -1.99. The summed E-state index contributed by atoms with van der Waals surface area (Å²) in [6.45, 7) is 1.88. The molecule has 2 heterocycles. The fourth-order valence-corrected chi connectivity index (χ4v) is 3.77. The van der Waals surface area contributed by atoms with E-state index in [4.69, 9.17) is 0 Å². The second kappa shape index (κ2) is 6.34. The van der Waals surface area contributed by atoms with Crippen LogP contribution in [0.3, 0.4) is 0 Å². The number of nitriles is 1. The van der Waals surface area contributed by atoms with Crippen molar-refractivity contribution in [1.82, 2.24) is 9.97 Å². The zero-order chi connectivity index (χ0) is 17.2. The molecule has 0 aliphatic rings. The van der Waals surface area contributed by atoms with E-state index in [1.54, 1.807) is 17.4 Å². The largest absolute Gasteiger partial charge is 0.338 e. The minimum absolute atomic E-state index is 0.588. The smallest absolute Gasteiger partial charge is 0.142 e. The van der Waals surface area contributed by atoms with Crippen LogP contribution in [0.4, 0.5) is 11.5 Å². The van der Waals surface area contributed by atoms with Gasteiger partial charge in [0.1, 0.15) is 22.5 Å². The number of anilines is 2. The summed E-state index contributed by atoms with van der Waals surface area (Å²) in [4.78, 5) is 11.2. The molecule has 0 saturated carbocycles. The molecule has 4 nitrogen and oxygen atoms in total. The molecule has 2 aromatic carbocycles. The molecule has 0 fully saturated rings. The molecule has 120 valence electrons. The molecule has 0 spiro atoms. The second-order valence-electron chi connectivity index (χ2n) is 5.60. The maximum atomic E-state index is 9.30. The van der Waals surface area contributed by atoms with Gasteiger partial charge in [0.15, 0.2) is 0 Å². The van der Waals surface area contributed by atoms with Crippen LogP contribution in [0.25, 0.3) is 20.7 Å². The number of nitrogens with one attached hydrogen (secondary N) is 1. The molecule has 5 heteroatoms. The maximum absolute atomic E-state index is 9.30. The van der Waals surface area contributed by atoms with Gasteiger partial charge < -0.3 is 5.32 Å². The molecule has 1 N–H and O–H groups in total. The quantitative estimate of drug-likeness (QED) is 0.550. The van der Waals surface area contributed by atoms with Gasteiger partial charge in [0, 0.05) is 4.88 Å². The standard InChI is InChI=1S/C20H14N4S/c1-13-22-19(24-17-10-6-5-9-15(17)12-21)16-11-18(25-20(16)23-13)14-7-3-2-4-8-14/h2-11H,1H3,(H,22,23,24). The van der Waals surface area contributed by atoms with Crippen molar-refractivity contribution in [1.29, 1.82) is 5.26 Å². The fourth-order valence-electron chi connectivity index (χ4n) is 2.69. The summed E-state index contributed by atoms with van der Waals surface area (Å²) < 4.78 is 0. The Kier molecular flexibility index (Phi) is 3.88. The zero-order valence-corrected chi connectivity index (χ0v) is 14.3. The first-order valence-corrected chi connectivity index (χ1v) is 8.66. The lowest BCUT2D eigenvalue weighted by molar-refractivity contribution is 1.10. The van der Waals surface area contributed by atoms with E-state index in [1.165, 1.54) is 0 Å². The molecule has 0 aliphatic carbocycles. The van der Waals surface area contributed by atoms with Crippen LogP contribution < -0.4 is 5.32 Å². The number of aromatic nitrogens is 2. The number of benzene rings is 2. The highest BCUT2D eigenvalue weighted by atomic mass is 32.1. The monoisotopic (exact) mass is 342 g/mol. The SMILES string of the molecule is Cc1nc(Nc2ccccc2C#N)c2cc(-c3ccccc3)sc2n1. The van der Waals surface area contributed by atoms with E-state index in [1.807, 2.05) is 43.3 Å². The molecule has 0 unspecified atom stereocenters. The van der Waals surface area contributed by atoms with Crippen molar-refractivity contribution in [3.05, 3.63) is 72.1 Å². The van der Waals surface area contributed by atoms with Crippen molar-refractivity contribution >= 4 is 33.1 Å². The first-order valence-electron chi connectivity index (χ1n) is 7.84. The maximum Gasteiger partial charge on any atom is 0.142 e. The molecule has 2 aromatic heterocycles. The van der Waals surface area contributed by atoms with Crippen LogP contribution in [0.15, 0.2) is 60.7 Å². The molecular weight excluding hydrogens is 328 g/mol. The molecule has 0 saturated heterocycles. The topological polar surface area (TPSA) is 61.6 Å². The minimum atomic E-state index is 0.588. The highest BCUT2D eigenvalue weighted by molar-refractivity contribution is 7.21. The van der Waals surface area contributed by atoms with E-state index < -0.39 is 0 Å². The van der Waals surface area contributed by atoms with Crippen molar-refractivity contribution in [3.63, 3.8) is 0 Å². The first-order chi connectivity index (χ1) is 12.2. The van der Waals surface area contributed by atoms with E-state index in [0.717, 1.165) is 32.2 Å². The summed E-state index contributed by atoms with van der Waals surface area (Å²) >= 11 is 1.64. The second-order valence-corrected chi connectivity index (χ2v) is 6.63. The number of aryl methyl sites for hydroxylation is 1. The Morgan fingerprint density at radius 1 is 1.00 bits per heavy atom. The minimum Gasteiger partial charge on any atom is -0.338 e. The van der Waals surface area contributed by atoms with E-state index in [-0.39, 0.29) is 0 Å². The van der Waals surface area contributed by atoms with Crippen LogP contribution >= 0.6 is 11.3 Å². The van der Waals surface area contributed by atoms with Crippen molar-refractivity contribution < 1.29 is 0 Å².